The molecule has 0 aliphatic carbocycles. The Morgan fingerprint density at radius 3 is 2.00 bits per heavy atom. The average Bonchev–Trinajstić information content (AvgIpc) is 2.47. The molecule has 0 aromatic rings. The van der Waals surface area contributed by atoms with Crippen LogP contribution in [0.5, 0.6) is 0 Å². The highest BCUT2D eigenvalue weighted by atomic mass is 16.7. The number of rotatable bonds is 2. The molecule has 0 aromatic carbocycles. The summed E-state index contributed by atoms with van der Waals surface area (Å²) < 4.78 is 3.86. The number of amides is 2. The summed E-state index contributed by atoms with van der Waals surface area (Å²) in [6.45, 7) is -0.401. The van der Waals surface area contributed by atoms with Crippen molar-refractivity contribution in [2.75, 3.05) is 13.2 Å². The lowest BCUT2D eigenvalue weighted by Gasteiger charge is -1.91. The topological polar surface area (TPSA) is 113 Å². The first-order valence-electron chi connectivity index (χ1n) is 3.85. The zero-order valence-electron chi connectivity index (χ0n) is 7.36. The van der Waals surface area contributed by atoms with Crippen molar-refractivity contribution < 1.29 is 29.3 Å². The second kappa shape index (κ2) is 6.84. The van der Waals surface area contributed by atoms with Crippen LogP contribution in [0.3, 0.4) is 0 Å². The fourth-order valence-corrected chi connectivity index (χ4v) is 0.641. The lowest BCUT2D eigenvalue weighted by Crippen LogP contribution is -2.18. The van der Waals surface area contributed by atoms with Gasteiger partial charge in [0.25, 0.3) is 0 Å². The monoisotopic (exact) mass is 205 g/mol. The number of imide groups is 1. The maximum atomic E-state index is 10.1. The molecule has 2 amide bonds. The number of ether oxygens (including phenoxy) is 1. The Morgan fingerprint density at radius 2 is 1.86 bits per heavy atom. The van der Waals surface area contributed by atoms with Crippen LogP contribution in [0.4, 0.5) is 4.79 Å². The summed E-state index contributed by atoms with van der Waals surface area (Å²) in [6.07, 6.45) is -0.605. The molecule has 0 bridgehead atoms. The largest absolute Gasteiger partial charge is 0.505 e. The predicted octanol–water partition coefficient (Wildman–Crippen LogP) is -0.904. The van der Waals surface area contributed by atoms with Gasteiger partial charge in [-0.3, -0.25) is 14.9 Å². The molecule has 7 nitrogen and oxygen atoms in total. The fourth-order valence-electron chi connectivity index (χ4n) is 0.641. The molecule has 0 radical (unpaired) electrons. The van der Waals surface area contributed by atoms with E-state index in [1.54, 1.807) is 0 Å². The molecule has 80 valence electrons. The van der Waals surface area contributed by atoms with Gasteiger partial charge < -0.3 is 14.9 Å². The van der Waals surface area contributed by atoms with Gasteiger partial charge in [0.15, 0.2) is 0 Å². The van der Waals surface area contributed by atoms with Gasteiger partial charge in [0.05, 0.1) is 6.61 Å². The van der Waals surface area contributed by atoms with E-state index in [0.717, 1.165) is 0 Å². The summed E-state index contributed by atoms with van der Waals surface area (Å²) in [5.74, 6) is -0.296. The Kier molecular flexibility index (Phi) is 6.04. The minimum Gasteiger partial charge on any atom is -0.450 e. The van der Waals surface area contributed by atoms with Crippen LogP contribution in [0.2, 0.25) is 0 Å². The fraction of sp³-hybridized carbons (Fsp3) is 0.571. The summed E-state index contributed by atoms with van der Waals surface area (Å²) in [7, 11) is 0. The molecule has 1 saturated heterocycles. The average molecular weight is 205 g/mol. The van der Waals surface area contributed by atoms with Gasteiger partial charge in [-0.1, -0.05) is 0 Å². The van der Waals surface area contributed by atoms with Crippen LogP contribution in [-0.2, 0) is 14.3 Å². The molecule has 1 aliphatic heterocycles. The van der Waals surface area contributed by atoms with Crippen molar-refractivity contribution in [2.24, 2.45) is 0 Å². The van der Waals surface area contributed by atoms with E-state index in [4.69, 9.17) is 10.2 Å². The van der Waals surface area contributed by atoms with Crippen molar-refractivity contribution in [1.82, 2.24) is 5.32 Å². The Labute approximate surface area is 79.7 Å². The molecule has 0 saturated carbocycles. The van der Waals surface area contributed by atoms with E-state index in [0.29, 0.717) is 12.8 Å². The van der Waals surface area contributed by atoms with Gasteiger partial charge in [0.2, 0.25) is 11.8 Å². The molecule has 1 fully saturated rings. The zero-order chi connectivity index (χ0) is 11.0. The number of carboxylic acid groups (broad SMARTS) is 1. The third-order valence-corrected chi connectivity index (χ3v) is 1.17. The van der Waals surface area contributed by atoms with Crippen LogP contribution in [0.1, 0.15) is 12.8 Å². The van der Waals surface area contributed by atoms with Gasteiger partial charge in [-0.15, -0.1) is 0 Å². The number of hydrogen-bond donors (Lipinski definition) is 3. The summed E-state index contributed by atoms with van der Waals surface area (Å²) >= 11 is 0. The highest BCUT2D eigenvalue weighted by Gasteiger charge is 2.15. The van der Waals surface area contributed by atoms with Crippen molar-refractivity contribution in [2.45, 2.75) is 12.8 Å². The maximum absolute atomic E-state index is 10.1. The van der Waals surface area contributed by atoms with Crippen molar-refractivity contribution >= 4 is 18.0 Å². The Balaban J connectivity index is 0.000000241. The van der Waals surface area contributed by atoms with Gasteiger partial charge in [-0.25, -0.2) is 4.79 Å². The number of nitrogens with one attached hydrogen (secondary N) is 1. The minimum absolute atomic E-state index is 0.144. The molecule has 0 spiro atoms. The lowest BCUT2D eigenvalue weighted by molar-refractivity contribution is -0.124. The van der Waals surface area contributed by atoms with Gasteiger partial charge >= 0.3 is 6.16 Å². The lowest BCUT2D eigenvalue weighted by atomic mass is 10.4. The van der Waals surface area contributed by atoms with E-state index >= 15 is 0 Å². The summed E-state index contributed by atoms with van der Waals surface area (Å²) in [6, 6.07) is 0. The third-order valence-electron chi connectivity index (χ3n) is 1.17. The van der Waals surface area contributed by atoms with E-state index in [1.807, 2.05) is 0 Å². The Morgan fingerprint density at radius 1 is 1.36 bits per heavy atom. The predicted molar refractivity (Wildman–Crippen MR) is 43.4 cm³/mol. The Bertz CT molecular complexity index is 212. The van der Waals surface area contributed by atoms with Gasteiger partial charge in [-0.05, 0) is 0 Å². The first kappa shape index (κ1) is 12.4. The minimum atomic E-state index is -1.35. The highest BCUT2D eigenvalue weighted by Crippen LogP contribution is 1.95. The van der Waals surface area contributed by atoms with Crippen LogP contribution in [0, 0.1) is 0 Å². The van der Waals surface area contributed by atoms with Crippen molar-refractivity contribution in [3.05, 3.63) is 0 Å². The first-order chi connectivity index (χ1) is 6.56. The summed E-state index contributed by atoms with van der Waals surface area (Å²) in [5.41, 5.74) is 0. The maximum Gasteiger partial charge on any atom is 0.505 e. The standard InChI is InChI=1S/C4H5NO2.C3H6O4/c6-3-1-2-4(7)5-3;4-1-2-7-3(5)6/h1-2H2,(H,5,6,7);4H,1-2H2,(H,5,6). The molecular weight excluding hydrogens is 194 g/mol. The second-order valence-electron chi connectivity index (χ2n) is 2.31. The molecule has 0 atom stereocenters. The first-order valence-corrected chi connectivity index (χ1v) is 3.85. The van der Waals surface area contributed by atoms with Crippen molar-refractivity contribution in [3.8, 4) is 0 Å². The molecular formula is C7H11NO6. The van der Waals surface area contributed by atoms with E-state index in [9.17, 15) is 14.4 Å². The van der Waals surface area contributed by atoms with Crippen molar-refractivity contribution in [3.63, 3.8) is 0 Å². The molecule has 14 heavy (non-hydrogen) atoms. The molecule has 1 aliphatic rings. The molecule has 3 N–H and O–H groups in total. The smallest absolute Gasteiger partial charge is 0.450 e. The van der Waals surface area contributed by atoms with Crippen LogP contribution in [0.25, 0.3) is 0 Å². The van der Waals surface area contributed by atoms with Crippen molar-refractivity contribution in [1.29, 1.82) is 0 Å². The number of carbonyl (C=O) groups excluding carboxylic acids is 2. The quantitative estimate of drug-likeness (QED) is 0.397. The number of aliphatic hydroxyl groups is 1. The number of hydrogen-bond acceptors (Lipinski definition) is 5. The van der Waals surface area contributed by atoms with Crippen LogP contribution in [-0.4, -0.2) is 41.4 Å². The van der Waals surface area contributed by atoms with E-state index in [-0.39, 0.29) is 25.0 Å². The second-order valence-corrected chi connectivity index (χ2v) is 2.31. The van der Waals surface area contributed by atoms with Crippen LogP contribution < -0.4 is 5.32 Å². The molecule has 1 heterocycles. The highest BCUT2D eigenvalue weighted by molar-refractivity contribution is 6.01. The Hall–Kier alpha value is -1.63. The normalized spacial score (nSPS) is 14.1. The van der Waals surface area contributed by atoms with Gasteiger partial charge in [-0.2, -0.15) is 0 Å². The molecule has 1 rings (SSSR count). The SMILES string of the molecule is O=C(O)OCCO.O=C1CCC(=O)N1. The summed E-state index contributed by atoms with van der Waals surface area (Å²) in [4.78, 5) is 29.7. The molecule has 7 heteroatoms. The summed E-state index contributed by atoms with van der Waals surface area (Å²) in [5, 5.41) is 17.8. The van der Waals surface area contributed by atoms with Gasteiger partial charge in [0.1, 0.15) is 6.61 Å². The van der Waals surface area contributed by atoms with E-state index in [1.165, 1.54) is 0 Å². The van der Waals surface area contributed by atoms with E-state index in [2.05, 4.69) is 10.1 Å². The van der Waals surface area contributed by atoms with Crippen LogP contribution >= 0.6 is 0 Å². The van der Waals surface area contributed by atoms with Gasteiger partial charge in [0, 0.05) is 12.8 Å². The zero-order valence-corrected chi connectivity index (χ0v) is 7.36. The third kappa shape index (κ3) is 7.04. The number of carbonyl (C=O) groups is 3. The number of aliphatic hydroxyl groups excluding tert-OH is 1. The van der Waals surface area contributed by atoms with E-state index < -0.39 is 6.16 Å². The van der Waals surface area contributed by atoms with Crippen LogP contribution in [0.15, 0.2) is 0 Å². The molecule has 0 aromatic heterocycles. The molecule has 0 unspecified atom stereocenters.